The van der Waals surface area contributed by atoms with Gasteiger partial charge in [0.15, 0.2) is 0 Å². The van der Waals surface area contributed by atoms with Crippen molar-refractivity contribution in [2.75, 3.05) is 53.4 Å². The predicted octanol–water partition coefficient (Wildman–Crippen LogP) is 1.38. The van der Waals surface area contributed by atoms with Gasteiger partial charge in [0.1, 0.15) is 4.21 Å². The van der Waals surface area contributed by atoms with E-state index in [0.29, 0.717) is 17.3 Å². The number of halogens is 1. The predicted molar refractivity (Wildman–Crippen MR) is 85.8 cm³/mol. The van der Waals surface area contributed by atoms with Gasteiger partial charge in [0, 0.05) is 39.3 Å². The van der Waals surface area contributed by atoms with Crippen molar-refractivity contribution in [1.82, 2.24) is 14.1 Å². The maximum atomic E-state index is 12.5. The molecule has 0 unspecified atom stereocenters. The molecule has 0 atom stereocenters. The summed E-state index contributed by atoms with van der Waals surface area (Å²) in [6.07, 6.45) is 0. The molecule has 1 aliphatic rings. The molecule has 5 nitrogen and oxygen atoms in total. The number of hydrogen-bond acceptors (Lipinski definition) is 5. The second-order valence-corrected chi connectivity index (χ2v) is 9.74. The zero-order valence-corrected chi connectivity index (χ0v) is 15.0. The molecule has 2 rings (SSSR count). The Kier molecular flexibility index (Phi) is 5.61. The van der Waals surface area contributed by atoms with Crippen molar-refractivity contribution in [1.29, 1.82) is 0 Å². The zero-order valence-electron chi connectivity index (χ0n) is 11.7. The van der Waals surface area contributed by atoms with Gasteiger partial charge in [-0.3, -0.25) is 4.90 Å². The number of nitrogens with zero attached hydrogens (tertiary/aromatic N) is 3. The maximum Gasteiger partial charge on any atom is 0.252 e. The summed E-state index contributed by atoms with van der Waals surface area (Å²) in [5, 5.41) is 0. The molecule has 0 aromatic carbocycles. The Balaban J connectivity index is 1.93. The molecule has 2 heterocycles. The lowest BCUT2D eigenvalue weighted by Gasteiger charge is -2.34. The summed E-state index contributed by atoms with van der Waals surface area (Å²) in [5.41, 5.74) is 0. The van der Waals surface area contributed by atoms with E-state index in [2.05, 4.69) is 39.8 Å². The van der Waals surface area contributed by atoms with Crippen molar-refractivity contribution in [2.45, 2.75) is 4.21 Å². The molecular weight excluding hydrogens is 362 g/mol. The van der Waals surface area contributed by atoms with Gasteiger partial charge in [-0.25, -0.2) is 8.42 Å². The highest BCUT2D eigenvalue weighted by atomic mass is 79.9. The maximum absolute atomic E-state index is 12.5. The molecule has 0 amide bonds. The summed E-state index contributed by atoms with van der Waals surface area (Å²) in [4.78, 5) is 4.46. The number of piperazine rings is 1. The molecule has 0 spiro atoms. The van der Waals surface area contributed by atoms with Gasteiger partial charge in [0.25, 0.3) is 10.0 Å². The number of likely N-dealkylation sites (N-methyl/N-ethyl adjacent to an activating group) is 1. The van der Waals surface area contributed by atoms with E-state index in [9.17, 15) is 8.42 Å². The Bertz CT molecular complexity index is 537. The van der Waals surface area contributed by atoms with E-state index in [4.69, 9.17) is 0 Å². The van der Waals surface area contributed by atoms with Crippen molar-refractivity contribution >= 4 is 37.3 Å². The fraction of sp³-hybridized carbons (Fsp3) is 0.667. The molecular formula is C12H20BrN3O2S2. The van der Waals surface area contributed by atoms with Gasteiger partial charge in [-0.15, -0.1) is 11.3 Å². The van der Waals surface area contributed by atoms with Crippen molar-refractivity contribution in [2.24, 2.45) is 0 Å². The first-order chi connectivity index (χ1) is 9.39. The number of hydrogen-bond donors (Lipinski definition) is 0. The van der Waals surface area contributed by atoms with Crippen molar-refractivity contribution in [3.63, 3.8) is 0 Å². The SMILES string of the molecule is CN(C)CCN1CCN(S(=O)(=O)c2ccc(Br)s2)CC1. The Morgan fingerprint density at radius 3 is 2.40 bits per heavy atom. The van der Waals surface area contributed by atoms with Crippen LogP contribution in [0.25, 0.3) is 0 Å². The van der Waals surface area contributed by atoms with E-state index in [-0.39, 0.29) is 0 Å². The van der Waals surface area contributed by atoms with Crippen LogP contribution >= 0.6 is 27.3 Å². The third-order valence-electron chi connectivity index (χ3n) is 3.34. The first kappa shape index (κ1) is 16.4. The third-order valence-corrected chi connectivity index (χ3v) is 7.33. The second kappa shape index (κ2) is 6.85. The standard InChI is InChI=1S/C12H20BrN3O2S2/c1-14(2)5-6-15-7-9-16(10-8-15)20(17,18)12-4-3-11(13)19-12/h3-4H,5-10H2,1-2H3. The highest BCUT2D eigenvalue weighted by Crippen LogP contribution is 2.28. The largest absolute Gasteiger partial charge is 0.308 e. The number of thiophene rings is 1. The first-order valence-electron chi connectivity index (χ1n) is 6.52. The molecule has 1 saturated heterocycles. The van der Waals surface area contributed by atoms with Crippen molar-refractivity contribution in [3.8, 4) is 0 Å². The van der Waals surface area contributed by atoms with E-state index in [1.165, 1.54) is 11.3 Å². The summed E-state index contributed by atoms with van der Waals surface area (Å²) in [6, 6.07) is 3.45. The van der Waals surface area contributed by atoms with Gasteiger partial charge >= 0.3 is 0 Å². The Hall–Kier alpha value is 0.01000. The monoisotopic (exact) mass is 381 g/mol. The molecule has 1 fully saturated rings. The molecule has 1 aromatic heterocycles. The van der Waals surface area contributed by atoms with Crippen LogP contribution in [0.2, 0.25) is 0 Å². The molecule has 1 aliphatic heterocycles. The third kappa shape index (κ3) is 4.02. The highest BCUT2D eigenvalue weighted by Gasteiger charge is 2.29. The molecule has 0 aliphatic carbocycles. The fourth-order valence-corrected chi connectivity index (χ4v) is 5.68. The topological polar surface area (TPSA) is 43.9 Å². The van der Waals surface area contributed by atoms with E-state index in [1.807, 2.05) is 0 Å². The van der Waals surface area contributed by atoms with Gasteiger partial charge in [-0.1, -0.05) is 0 Å². The Labute approximate surface area is 133 Å². The van der Waals surface area contributed by atoms with Gasteiger partial charge in [-0.2, -0.15) is 4.31 Å². The van der Waals surface area contributed by atoms with Crippen LogP contribution < -0.4 is 0 Å². The number of sulfonamides is 1. The van der Waals surface area contributed by atoms with E-state index in [0.717, 1.165) is 30.0 Å². The van der Waals surface area contributed by atoms with Gasteiger partial charge in [0.2, 0.25) is 0 Å². The molecule has 0 radical (unpaired) electrons. The van der Waals surface area contributed by atoms with Crippen LogP contribution in [0.15, 0.2) is 20.1 Å². The Morgan fingerprint density at radius 2 is 1.90 bits per heavy atom. The lowest BCUT2D eigenvalue weighted by atomic mass is 10.3. The minimum Gasteiger partial charge on any atom is -0.308 e. The summed E-state index contributed by atoms with van der Waals surface area (Å²) in [5.74, 6) is 0. The van der Waals surface area contributed by atoms with Crippen LogP contribution in [0.4, 0.5) is 0 Å². The average Bonchev–Trinajstić information content (AvgIpc) is 2.84. The molecule has 0 saturated carbocycles. The molecule has 8 heteroatoms. The zero-order chi connectivity index (χ0) is 14.8. The van der Waals surface area contributed by atoms with Crippen molar-refractivity contribution in [3.05, 3.63) is 15.9 Å². The molecule has 0 N–H and O–H groups in total. The van der Waals surface area contributed by atoms with Crippen LogP contribution in [0.5, 0.6) is 0 Å². The normalized spacial score (nSPS) is 18.8. The molecule has 1 aromatic rings. The quantitative estimate of drug-likeness (QED) is 0.772. The molecule has 0 bridgehead atoms. The molecule has 20 heavy (non-hydrogen) atoms. The van der Waals surface area contributed by atoms with Crippen LogP contribution in [-0.2, 0) is 10.0 Å². The van der Waals surface area contributed by atoms with E-state index in [1.54, 1.807) is 16.4 Å². The minimum absolute atomic E-state index is 0.422. The van der Waals surface area contributed by atoms with Gasteiger partial charge in [0.05, 0.1) is 3.79 Å². The Morgan fingerprint density at radius 1 is 1.25 bits per heavy atom. The van der Waals surface area contributed by atoms with Crippen molar-refractivity contribution < 1.29 is 8.42 Å². The summed E-state index contributed by atoms with van der Waals surface area (Å²) < 4.78 is 27.8. The molecule has 114 valence electrons. The number of rotatable bonds is 5. The van der Waals surface area contributed by atoms with Gasteiger partial charge in [-0.05, 0) is 42.2 Å². The van der Waals surface area contributed by atoms with E-state index < -0.39 is 10.0 Å². The summed E-state index contributed by atoms with van der Waals surface area (Å²) >= 11 is 4.58. The minimum atomic E-state index is -3.31. The van der Waals surface area contributed by atoms with Gasteiger partial charge < -0.3 is 4.90 Å². The summed E-state index contributed by atoms with van der Waals surface area (Å²) in [6.45, 7) is 4.76. The fourth-order valence-electron chi connectivity index (χ4n) is 2.10. The first-order valence-corrected chi connectivity index (χ1v) is 9.57. The second-order valence-electron chi connectivity index (χ2n) is 5.11. The highest BCUT2D eigenvalue weighted by molar-refractivity contribution is 9.11. The lowest BCUT2D eigenvalue weighted by Crippen LogP contribution is -2.49. The lowest BCUT2D eigenvalue weighted by molar-refractivity contribution is 0.175. The average molecular weight is 382 g/mol. The van der Waals surface area contributed by atoms with Crippen LogP contribution in [0.3, 0.4) is 0 Å². The smallest absolute Gasteiger partial charge is 0.252 e. The van der Waals surface area contributed by atoms with E-state index >= 15 is 0 Å². The van der Waals surface area contributed by atoms with Crippen LogP contribution in [0.1, 0.15) is 0 Å². The summed E-state index contributed by atoms with van der Waals surface area (Å²) in [7, 11) is 0.791. The van der Waals surface area contributed by atoms with Crippen LogP contribution in [0, 0.1) is 0 Å². The van der Waals surface area contributed by atoms with Crippen LogP contribution in [-0.4, -0.2) is 75.9 Å².